The molecule has 0 atom stereocenters. The summed E-state index contributed by atoms with van der Waals surface area (Å²) in [5.74, 6) is 0. The van der Waals surface area contributed by atoms with Crippen molar-refractivity contribution in [3.63, 3.8) is 0 Å². The Morgan fingerprint density at radius 2 is 1.87 bits per heavy atom. The lowest BCUT2D eigenvalue weighted by Gasteiger charge is -2.38. The molecule has 1 aliphatic rings. The fourth-order valence-electron chi connectivity index (χ4n) is 2.90. The minimum atomic E-state index is 0.414. The van der Waals surface area contributed by atoms with Crippen molar-refractivity contribution in [1.29, 1.82) is 0 Å². The van der Waals surface area contributed by atoms with Crippen LogP contribution in [0.1, 0.15) is 50.7 Å². The van der Waals surface area contributed by atoms with Crippen LogP contribution in [-0.4, -0.2) is 0 Å². The van der Waals surface area contributed by atoms with E-state index in [4.69, 9.17) is 0 Å². The molecular formula is C15H20. The van der Waals surface area contributed by atoms with Crippen molar-refractivity contribution in [2.75, 3.05) is 0 Å². The molecule has 0 spiro atoms. The van der Waals surface area contributed by atoms with Gasteiger partial charge in [-0.3, -0.25) is 0 Å². The van der Waals surface area contributed by atoms with Gasteiger partial charge in [-0.15, -0.1) is 0 Å². The van der Waals surface area contributed by atoms with E-state index >= 15 is 0 Å². The van der Waals surface area contributed by atoms with E-state index in [9.17, 15) is 0 Å². The molecule has 2 rings (SSSR count). The number of benzene rings is 1. The fraction of sp³-hybridized carbons (Fsp3) is 0.467. The van der Waals surface area contributed by atoms with Crippen LogP contribution in [-0.2, 0) is 5.41 Å². The van der Waals surface area contributed by atoms with Crippen molar-refractivity contribution < 1.29 is 0 Å². The lowest BCUT2D eigenvalue weighted by molar-refractivity contribution is 0.361. The van der Waals surface area contributed by atoms with Crippen LogP contribution in [0, 0.1) is 0 Å². The van der Waals surface area contributed by atoms with Gasteiger partial charge in [-0.25, -0.2) is 0 Å². The molecule has 0 heteroatoms. The summed E-state index contributed by atoms with van der Waals surface area (Å²) in [5.41, 5.74) is 4.68. The number of fused-ring (bicyclic) bond motifs is 1. The van der Waals surface area contributed by atoms with Crippen LogP contribution >= 0.6 is 0 Å². The summed E-state index contributed by atoms with van der Waals surface area (Å²) >= 11 is 0. The molecule has 0 fully saturated rings. The van der Waals surface area contributed by atoms with Crippen LogP contribution in [0.5, 0.6) is 0 Å². The molecule has 0 nitrogen and oxygen atoms in total. The first-order valence-corrected chi connectivity index (χ1v) is 6.01. The van der Waals surface area contributed by atoms with Gasteiger partial charge in [0.25, 0.3) is 0 Å². The predicted molar refractivity (Wildman–Crippen MR) is 67.0 cm³/mol. The first kappa shape index (κ1) is 10.5. The maximum Gasteiger partial charge on any atom is -0.00430 e. The van der Waals surface area contributed by atoms with Crippen molar-refractivity contribution in [1.82, 2.24) is 0 Å². The summed E-state index contributed by atoms with van der Waals surface area (Å²) in [6.45, 7) is 8.82. The van der Waals surface area contributed by atoms with Gasteiger partial charge in [-0.1, -0.05) is 44.7 Å². The third-order valence-electron chi connectivity index (χ3n) is 4.14. The monoisotopic (exact) mass is 200 g/mol. The number of rotatable bonds is 2. The van der Waals surface area contributed by atoms with Crippen molar-refractivity contribution in [2.45, 2.75) is 44.9 Å². The molecule has 0 aliphatic heterocycles. The van der Waals surface area contributed by atoms with Gasteiger partial charge in [0.05, 0.1) is 0 Å². The van der Waals surface area contributed by atoms with Crippen LogP contribution in [0.2, 0.25) is 0 Å². The minimum absolute atomic E-state index is 0.414. The van der Waals surface area contributed by atoms with Crippen LogP contribution in [0.4, 0.5) is 0 Å². The van der Waals surface area contributed by atoms with Crippen LogP contribution in [0.3, 0.4) is 0 Å². The van der Waals surface area contributed by atoms with E-state index in [-0.39, 0.29) is 0 Å². The molecule has 0 radical (unpaired) electrons. The molecule has 0 saturated carbocycles. The van der Waals surface area contributed by atoms with Gasteiger partial charge >= 0.3 is 0 Å². The number of allylic oxidation sites excluding steroid dienone is 1. The van der Waals surface area contributed by atoms with E-state index in [1.807, 2.05) is 0 Å². The van der Waals surface area contributed by atoms with E-state index in [2.05, 4.69) is 44.7 Å². The zero-order valence-corrected chi connectivity index (χ0v) is 9.84. The van der Waals surface area contributed by atoms with E-state index < -0.39 is 0 Å². The zero-order chi connectivity index (χ0) is 10.9. The molecule has 1 aromatic carbocycles. The van der Waals surface area contributed by atoms with Gasteiger partial charge in [-0.05, 0) is 47.8 Å². The summed E-state index contributed by atoms with van der Waals surface area (Å²) < 4.78 is 0. The Morgan fingerprint density at radius 1 is 1.20 bits per heavy atom. The quantitative estimate of drug-likeness (QED) is 0.657. The lowest BCUT2D eigenvalue weighted by Crippen LogP contribution is -2.28. The van der Waals surface area contributed by atoms with E-state index in [1.54, 1.807) is 0 Å². The van der Waals surface area contributed by atoms with Gasteiger partial charge in [0.2, 0.25) is 0 Å². The average Bonchev–Trinajstić information content (AvgIpc) is 2.31. The van der Waals surface area contributed by atoms with Crippen LogP contribution < -0.4 is 0 Å². The second-order valence-corrected chi connectivity index (χ2v) is 4.64. The molecule has 0 amide bonds. The predicted octanol–water partition coefficient (Wildman–Crippen LogP) is 4.55. The van der Waals surface area contributed by atoms with E-state index in [0.29, 0.717) is 5.41 Å². The minimum Gasteiger partial charge on any atom is -0.0952 e. The molecule has 0 unspecified atom stereocenters. The maximum atomic E-state index is 4.19. The van der Waals surface area contributed by atoms with Crippen molar-refractivity contribution >= 4 is 5.57 Å². The fourth-order valence-corrected chi connectivity index (χ4v) is 2.90. The van der Waals surface area contributed by atoms with Crippen molar-refractivity contribution in [3.8, 4) is 0 Å². The highest BCUT2D eigenvalue weighted by Crippen LogP contribution is 2.45. The third-order valence-corrected chi connectivity index (χ3v) is 4.14. The largest absolute Gasteiger partial charge is 0.0952 e. The van der Waals surface area contributed by atoms with E-state index in [0.717, 1.165) is 0 Å². The molecule has 15 heavy (non-hydrogen) atoms. The second kappa shape index (κ2) is 3.84. The van der Waals surface area contributed by atoms with Crippen LogP contribution in [0.15, 0.2) is 30.8 Å². The van der Waals surface area contributed by atoms with Gasteiger partial charge in [-0.2, -0.15) is 0 Å². The Morgan fingerprint density at radius 3 is 2.53 bits per heavy atom. The summed E-state index contributed by atoms with van der Waals surface area (Å²) in [7, 11) is 0. The average molecular weight is 200 g/mol. The number of hydrogen-bond donors (Lipinski definition) is 0. The normalized spacial score (nSPS) is 18.7. The summed E-state index contributed by atoms with van der Waals surface area (Å²) in [6, 6.07) is 8.83. The highest BCUT2D eigenvalue weighted by atomic mass is 14.4. The second-order valence-electron chi connectivity index (χ2n) is 4.64. The molecule has 0 heterocycles. The summed E-state index contributed by atoms with van der Waals surface area (Å²) in [6.07, 6.45) is 4.93. The Kier molecular flexibility index (Phi) is 2.68. The topological polar surface area (TPSA) is 0 Å². The van der Waals surface area contributed by atoms with Gasteiger partial charge in [0, 0.05) is 0 Å². The molecule has 1 aliphatic carbocycles. The highest BCUT2D eigenvalue weighted by molar-refractivity contribution is 5.69. The standard InChI is InChI=1S/C15H20/c1-4-15(5-2)11-10-12(3)13-8-6-7-9-14(13)15/h6-9H,3-5,10-11H2,1-2H3. The first-order chi connectivity index (χ1) is 7.23. The Balaban J connectivity index is 2.57. The Labute approximate surface area is 93.0 Å². The van der Waals surface area contributed by atoms with Gasteiger partial charge in [0.15, 0.2) is 0 Å². The Bertz CT molecular complexity index is 369. The molecular weight excluding hydrogens is 180 g/mol. The molecule has 0 saturated heterocycles. The van der Waals surface area contributed by atoms with Gasteiger partial charge < -0.3 is 0 Å². The molecule has 80 valence electrons. The zero-order valence-electron chi connectivity index (χ0n) is 9.84. The van der Waals surface area contributed by atoms with Crippen molar-refractivity contribution in [3.05, 3.63) is 42.0 Å². The molecule has 1 aromatic rings. The third kappa shape index (κ3) is 1.52. The van der Waals surface area contributed by atoms with Gasteiger partial charge in [0.1, 0.15) is 0 Å². The lowest BCUT2D eigenvalue weighted by atomic mass is 9.66. The summed E-state index contributed by atoms with van der Waals surface area (Å²) in [4.78, 5) is 0. The van der Waals surface area contributed by atoms with Crippen molar-refractivity contribution in [2.24, 2.45) is 0 Å². The first-order valence-electron chi connectivity index (χ1n) is 6.01. The maximum absolute atomic E-state index is 4.19. The summed E-state index contributed by atoms with van der Waals surface area (Å²) in [5, 5.41) is 0. The molecule has 0 aromatic heterocycles. The smallest absolute Gasteiger partial charge is 0.00430 e. The molecule has 0 bridgehead atoms. The highest BCUT2D eigenvalue weighted by Gasteiger charge is 2.33. The van der Waals surface area contributed by atoms with Crippen LogP contribution in [0.25, 0.3) is 5.57 Å². The Hall–Kier alpha value is -1.04. The molecule has 0 N–H and O–H groups in total. The SMILES string of the molecule is C=C1CCC(CC)(CC)c2ccccc21. The van der Waals surface area contributed by atoms with E-state index in [1.165, 1.54) is 42.4 Å². The number of hydrogen-bond acceptors (Lipinski definition) is 0.